The van der Waals surface area contributed by atoms with Gasteiger partial charge in [-0.2, -0.15) is 0 Å². The van der Waals surface area contributed by atoms with Crippen LogP contribution in [0.1, 0.15) is 6.92 Å². The average molecular weight is 326 g/mol. The average Bonchev–Trinajstić information content (AvgIpc) is 2.52. The van der Waals surface area contributed by atoms with E-state index in [-0.39, 0.29) is 6.29 Å². The van der Waals surface area contributed by atoms with Crippen molar-refractivity contribution in [2.24, 2.45) is 0 Å². The van der Waals surface area contributed by atoms with Crippen molar-refractivity contribution in [2.75, 3.05) is 6.61 Å². The number of carbonyl (C=O) groups is 1. The van der Waals surface area contributed by atoms with Gasteiger partial charge in [-0.1, -0.05) is 0 Å². The number of hydrogen-bond acceptors (Lipinski definition) is 10. The minimum atomic E-state index is -2.93. The third-order valence-corrected chi connectivity index (χ3v) is 3.94. The summed E-state index contributed by atoms with van der Waals surface area (Å²) < 4.78 is 5.10. The van der Waals surface area contributed by atoms with E-state index in [0.717, 1.165) is 0 Å². The molecule has 0 radical (unpaired) electrons. The molecule has 0 aromatic heterocycles. The van der Waals surface area contributed by atoms with Crippen LogP contribution in [-0.4, -0.2) is 108 Å². The van der Waals surface area contributed by atoms with E-state index >= 15 is 0 Å². The molecule has 1 rings (SSSR count). The number of carbonyl (C=O) groups excluding carboxylic acids is 1. The first-order valence-electron chi connectivity index (χ1n) is 6.65. The first kappa shape index (κ1) is 19.4. The number of ether oxygens (including phenoxy) is 1. The zero-order chi connectivity index (χ0) is 17.2. The highest BCUT2D eigenvalue weighted by Crippen LogP contribution is 2.33. The standard InChI is InChI=1S/C12H22O10/c1-4-7(17)8(18)9(19)11(22-4)12(21,6(16)3-14)10(20)5(15)2-13/h3-11,13,15-21H,2H2,1H3/t4-,5+,6-,7-,8+,9+,10+,11?,12+/m0/s1. The van der Waals surface area contributed by atoms with Crippen LogP contribution >= 0.6 is 0 Å². The fourth-order valence-corrected chi connectivity index (χ4v) is 2.46. The molecule has 9 atom stereocenters. The number of aliphatic hydroxyl groups is 8. The fourth-order valence-electron chi connectivity index (χ4n) is 2.46. The van der Waals surface area contributed by atoms with Crippen molar-refractivity contribution in [3.05, 3.63) is 0 Å². The molecule has 10 heteroatoms. The number of aldehydes is 1. The molecule has 0 amide bonds. The minimum Gasteiger partial charge on any atom is -0.394 e. The van der Waals surface area contributed by atoms with Crippen LogP contribution in [0.15, 0.2) is 0 Å². The largest absolute Gasteiger partial charge is 0.394 e. The molecule has 0 spiro atoms. The van der Waals surface area contributed by atoms with Gasteiger partial charge in [0.05, 0.1) is 12.7 Å². The Kier molecular flexibility index (Phi) is 6.38. The van der Waals surface area contributed by atoms with Gasteiger partial charge in [0.2, 0.25) is 0 Å². The third kappa shape index (κ3) is 3.15. The Hall–Kier alpha value is -0.690. The van der Waals surface area contributed by atoms with E-state index < -0.39 is 61.0 Å². The first-order chi connectivity index (χ1) is 10.1. The monoisotopic (exact) mass is 326 g/mol. The van der Waals surface area contributed by atoms with Crippen LogP contribution in [-0.2, 0) is 9.53 Å². The van der Waals surface area contributed by atoms with Crippen molar-refractivity contribution < 1.29 is 50.4 Å². The van der Waals surface area contributed by atoms with Gasteiger partial charge in [0.1, 0.15) is 42.7 Å². The lowest BCUT2D eigenvalue weighted by atomic mass is 9.76. The predicted molar refractivity (Wildman–Crippen MR) is 68.5 cm³/mol. The van der Waals surface area contributed by atoms with Crippen LogP contribution in [0.25, 0.3) is 0 Å². The van der Waals surface area contributed by atoms with E-state index in [2.05, 4.69) is 0 Å². The molecule has 1 fully saturated rings. The van der Waals surface area contributed by atoms with Crippen LogP contribution in [0.3, 0.4) is 0 Å². The van der Waals surface area contributed by atoms with Crippen molar-refractivity contribution >= 4 is 6.29 Å². The Morgan fingerprint density at radius 3 is 2.14 bits per heavy atom. The Balaban J connectivity index is 3.24. The normalized spacial score (nSPS) is 39.6. The molecule has 1 aliphatic heterocycles. The van der Waals surface area contributed by atoms with E-state index in [0.29, 0.717) is 0 Å². The highest BCUT2D eigenvalue weighted by molar-refractivity contribution is 5.59. The maximum Gasteiger partial charge on any atom is 0.154 e. The topological polar surface area (TPSA) is 188 Å². The lowest BCUT2D eigenvalue weighted by Gasteiger charge is -2.49. The summed E-state index contributed by atoms with van der Waals surface area (Å²) in [5, 5.41) is 77.7. The smallest absolute Gasteiger partial charge is 0.154 e. The molecule has 0 saturated carbocycles. The SMILES string of the molecule is C[C@@H]1OC([C@](O)([C@H](O)[C@H](O)CO)[C@@H](O)C=O)[C@H](O)[C@H](O)[C@H]1O. The molecule has 22 heavy (non-hydrogen) atoms. The summed E-state index contributed by atoms with van der Waals surface area (Å²) in [6.07, 6.45) is -15.0. The Labute approximate surface area is 125 Å². The molecule has 0 bridgehead atoms. The molecular weight excluding hydrogens is 304 g/mol. The molecular formula is C12H22O10. The molecule has 0 aromatic carbocycles. The second-order valence-electron chi connectivity index (χ2n) is 5.40. The second kappa shape index (κ2) is 7.25. The Morgan fingerprint density at radius 2 is 1.68 bits per heavy atom. The quantitative estimate of drug-likeness (QED) is 0.219. The van der Waals surface area contributed by atoms with E-state index in [1.807, 2.05) is 0 Å². The summed E-state index contributed by atoms with van der Waals surface area (Å²) in [7, 11) is 0. The number of rotatable bonds is 6. The molecule has 130 valence electrons. The van der Waals surface area contributed by atoms with Gasteiger partial charge in [0, 0.05) is 0 Å². The zero-order valence-electron chi connectivity index (χ0n) is 11.8. The van der Waals surface area contributed by atoms with Gasteiger partial charge >= 0.3 is 0 Å². The summed E-state index contributed by atoms with van der Waals surface area (Å²) in [6.45, 7) is 0.272. The highest BCUT2D eigenvalue weighted by atomic mass is 16.6. The van der Waals surface area contributed by atoms with Crippen molar-refractivity contribution in [3.63, 3.8) is 0 Å². The fraction of sp³-hybridized carbons (Fsp3) is 0.917. The zero-order valence-corrected chi connectivity index (χ0v) is 11.8. The molecule has 1 unspecified atom stereocenters. The van der Waals surface area contributed by atoms with E-state index in [9.17, 15) is 40.5 Å². The van der Waals surface area contributed by atoms with Crippen LogP contribution in [0.2, 0.25) is 0 Å². The molecule has 8 N–H and O–H groups in total. The minimum absolute atomic E-state index is 0.161. The van der Waals surface area contributed by atoms with Crippen LogP contribution in [0.5, 0.6) is 0 Å². The third-order valence-electron chi connectivity index (χ3n) is 3.94. The maximum absolute atomic E-state index is 10.8. The number of hydrogen-bond donors (Lipinski definition) is 8. The summed E-state index contributed by atoms with van der Waals surface area (Å²) in [4.78, 5) is 10.8. The van der Waals surface area contributed by atoms with E-state index in [1.165, 1.54) is 6.92 Å². The molecule has 1 heterocycles. The van der Waals surface area contributed by atoms with Gasteiger partial charge in [0.25, 0.3) is 0 Å². The molecule has 0 aromatic rings. The molecule has 0 aliphatic carbocycles. The highest BCUT2D eigenvalue weighted by Gasteiger charge is 2.59. The second-order valence-corrected chi connectivity index (χ2v) is 5.40. The van der Waals surface area contributed by atoms with Crippen molar-refractivity contribution in [1.82, 2.24) is 0 Å². The lowest BCUT2D eigenvalue weighted by molar-refractivity contribution is -0.300. The van der Waals surface area contributed by atoms with Gasteiger partial charge in [0.15, 0.2) is 11.9 Å². The molecule has 1 saturated heterocycles. The van der Waals surface area contributed by atoms with Crippen molar-refractivity contribution in [1.29, 1.82) is 0 Å². The molecule has 1 aliphatic rings. The number of aliphatic hydroxyl groups excluding tert-OH is 7. The van der Waals surface area contributed by atoms with Gasteiger partial charge < -0.3 is 50.4 Å². The Morgan fingerprint density at radius 1 is 1.14 bits per heavy atom. The van der Waals surface area contributed by atoms with Crippen LogP contribution < -0.4 is 0 Å². The van der Waals surface area contributed by atoms with E-state index in [1.54, 1.807) is 0 Å². The van der Waals surface area contributed by atoms with Crippen molar-refractivity contribution in [2.45, 2.75) is 61.4 Å². The van der Waals surface area contributed by atoms with Crippen LogP contribution in [0, 0.1) is 0 Å². The van der Waals surface area contributed by atoms with Gasteiger partial charge in [-0.05, 0) is 6.92 Å². The summed E-state index contributed by atoms with van der Waals surface area (Å²) in [5.41, 5.74) is -2.93. The van der Waals surface area contributed by atoms with E-state index in [4.69, 9.17) is 9.84 Å². The summed E-state index contributed by atoms with van der Waals surface area (Å²) >= 11 is 0. The van der Waals surface area contributed by atoms with Gasteiger partial charge in [-0.25, -0.2) is 0 Å². The maximum atomic E-state index is 10.8. The first-order valence-corrected chi connectivity index (χ1v) is 6.65. The predicted octanol–water partition coefficient (Wildman–Crippen LogP) is -5.14. The molecule has 10 nitrogen and oxygen atoms in total. The summed E-state index contributed by atoms with van der Waals surface area (Å²) in [5.74, 6) is 0. The lowest BCUT2D eigenvalue weighted by Crippen LogP contribution is -2.72. The summed E-state index contributed by atoms with van der Waals surface area (Å²) in [6, 6.07) is 0. The van der Waals surface area contributed by atoms with Crippen molar-refractivity contribution in [3.8, 4) is 0 Å². The van der Waals surface area contributed by atoms with Gasteiger partial charge in [-0.15, -0.1) is 0 Å². The van der Waals surface area contributed by atoms with Gasteiger partial charge in [-0.3, -0.25) is 0 Å². The Bertz CT molecular complexity index is 379. The van der Waals surface area contributed by atoms with Crippen LogP contribution in [0.4, 0.5) is 0 Å².